The summed E-state index contributed by atoms with van der Waals surface area (Å²) in [5.41, 5.74) is 0. The van der Waals surface area contributed by atoms with E-state index in [0.29, 0.717) is 6.42 Å². The molecule has 0 aromatic carbocycles. The zero-order valence-corrected chi connectivity index (χ0v) is 15.0. The maximum Gasteiger partial charge on any atom is 0.303 e. The fourth-order valence-electron chi connectivity index (χ4n) is 2.27. The third-order valence-electron chi connectivity index (χ3n) is 3.73. The first-order valence-corrected chi connectivity index (χ1v) is 9.21. The number of rotatable bonds is 16. The molecule has 0 saturated heterocycles. The van der Waals surface area contributed by atoms with E-state index in [1.807, 2.05) is 24.3 Å². The van der Waals surface area contributed by atoms with E-state index in [1.54, 1.807) is 0 Å². The van der Waals surface area contributed by atoms with Gasteiger partial charge in [0.25, 0.3) is 0 Å². The Balaban J connectivity index is 3.67. The molecule has 1 unspecified atom stereocenters. The maximum atomic E-state index is 10.4. The summed E-state index contributed by atoms with van der Waals surface area (Å²) in [7, 11) is 0. The van der Waals surface area contributed by atoms with Crippen LogP contribution in [-0.4, -0.2) is 22.4 Å². The lowest BCUT2D eigenvalue weighted by Gasteiger charge is -2.04. The molecular weight excluding hydrogens is 304 g/mol. The minimum atomic E-state index is -0.714. The Morgan fingerprint density at radius 2 is 1.67 bits per heavy atom. The highest BCUT2D eigenvalue weighted by molar-refractivity contribution is 5.66. The van der Waals surface area contributed by atoms with Crippen LogP contribution in [0.3, 0.4) is 0 Å². The summed E-state index contributed by atoms with van der Waals surface area (Å²) in [5, 5.41) is 17.4. The van der Waals surface area contributed by atoms with Crippen molar-refractivity contribution in [1.82, 2.24) is 0 Å². The lowest BCUT2D eigenvalue weighted by atomic mass is 10.1. The lowest BCUT2D eigenvalue weighted by molar-refractivity contribution is -0.264. The summed E-state index contributed by atoms with van der Waals surface area (Å²) in [6, 6.07) is 0. The zero-order valence-electron chi connectivity index (χ0n) is 15.0. The van der Waals surface area contributed by atoms with E-state index in [4.69, 9.17) is 10.4 Å². The van der Waals surface area contributed by atoms with Gasteiger partial charge in [-0.15, -0.1) is 0 Å². The number of hydrogen-bond donors (Lipinski definition) is 2. The molecule has 2 N–H and O–H groups in total. The van der Waals surface area contributed by atoms with Crippen LogP contribution in [-0.2, 0) is 9.68 Å². The second-order valence-corrected chi connectivity index (χ2v) is 6.01. The highest BCUT2D eigenvalue weighted by atomic mass is 17.1. The summed E-state index contributed by atoms with van der Waals surface area (Å²) >= 11 is 0. The van der Waals surface area contributed by atoms with E-state index >= 15 is 0 Å². The first kappa shape index (κ1) is 22.6. The van der Waals surface area contributed by atoms with Gasteiger partial charge in [0.15, 0.2) is 0 Å². The highest BCUT2D eigenvalue weighted by Gasteiger charge is 2.00. The molecule has 0 aromatic heterocycles. The van der Waals surface area contributed by atoms with Gasteiger partial charge in [0.1, 0.15) is 6.10 Å². The molecule has 0 aromatic rings. The molecular formula is C20H34O4. The van der Waals surface area contributed by atoms with Crippen molar-refractivity contribution in [1.29, 1.82) is 0 Å². The van der Waals surface area contributed by atoms with Crippen LogP contribution >= 0.6 is 0 Å². The van der Waals surface area contributed by atoms with Gasteiger partial charge in [-0.3, -0.25) is 10.1 Å². The topological polar surface area (TPSA) is 66.8 Å². The van der Waals surface area contributed by atoms with Crippen LogP contribution < -0.4 is 0 Å². The Bertz CT molecular complexity index is 372. The highest BCUT2D eigenvalue weighted by Crippen LogP contribution is 2.07. The van der Waals surface area contributed by atoms with Gasteiger partial charge in [0, 0.05) is 6.42 Å². The predicted octanol–water partition coefficient (Wildman–Crippen LogP) is 5.91. The summed E-state index contributed by atoms with van der Waals surface area (Å²) in [6.45, 7) is 2.19. The van der Waals surface area contributed by atoms with Crippen molar-refractivity contribution in [2.45, 2.75) is 83.7 Å². The molecule has 4 nitrogen and oxygen atoms in total. The van der Waals surface area contributed by atoms with Gasteiger partial charge in [-0.2, -0.15) is 0 Å². The molecule has 0 amide bonds. The molecule has 0 heterocycles. The van der Waals surface area contributed by atoms with Gasteiger partial charge < -0.3 is 5.11 Å². The number of carboxylic acids is 1. The molecule has 0 bridgehead atoms. The quantitative estimate of drug-likeness (QED) is 0.121. The molecule has 0 spiro atoms. The van der Waals surface area contributed by atoms with Crippen molar-refractivity contribution in [2.75, 3.05) is 0 Å². The zero-order chi connectivity index (χ0) is 17.9. The SMILES string of the molecule is CCCCC/C=C/C=C/C(C/C=C/CCCCCCC(=O)O)OO. The van der Waals surface area contributed by atoms with E-state index in [9.17, 15) is 4.79 Å². The van der Waals surface area contributed by atoms with Crippen molar-refractivity contribution in [3.05, 3.63) is 36.5 Å². The number of hydrogen-bond acceptors (Lipinski definition) is 3. The molecule has 0 saturated carbocycles. The largest absolute Gasteiger partial charge is 0.481 e. The molecule has 0 aliphatic heterocycles. The molecule has 0 radical (unpaired) electrons. The predicted molar refractivity (Wildman–Crippen MR) is 99.0 cm³/mol. The standard InChI is InChI=1S/C20H34O4/c1-2-3-4-5-7-10-13-16-19(24-23)17-14-11-8-6-9-12-15-18-20(21)22/h7,10-11,13-14,16,19,23H,2-6,8-9,12,15,17-18H2,1H3,(H,21,22)/b10-7+,14-11+,16-13+. The van der Waals surface area contributed by atoms with Crippen LogP contribution in [0.25, 0.3) is 0 Å². The van der Waals surface area contributed by atoms with E-state index in [-0.39, 0.29) is 12.5 Å². The summed E-state index contributed by atoms with van der Waals surface area (Å²) in [5.74, 6) is -0.714. The second-order valence-electron chi connectivity index (χ2n) is 6.01. The Morgan fingerprint density at radius 1 is 0.958 bits per heavy atom. The van der Waals surface area contributed by atoms with Crippen LogP contribution in [0.1, 0.15) is 77.6 Å². The fraction of sp³-hybridized carbons (Fsp3) is 0.650. The van der Waals surface area contributed by atoms with Gasteiger partial charge in [0.2, 0.25) is 0 Å². The Morgan fingerprint density at radius 3 is 2.38 bits per heavy atom. The minimum Gasteiger partial charge on any atom is -0.481 e. The Labute approximate surface area is 146 Å². The molecule has 0 rings (SSSR count). The number of unbranched alkanes of at least 4 members (excludes halogenated alkanes) is 7. The minimum absolute atomic E-state index is 0.269. The average molecular weight is 338 g/mol. The summed E-state index contributed by atoms with van der Waals surface area (Å²) in [4.78, 5) is 14.8. The van der Waals surface area contributed by atoms with E-state index in [2.05, 4.69) is 24.0 Å². The molecule has 0 aliphatic rings. The fourth-order valence-corrected chi connectivity index (χ4v) is 2.27. The first-order valence-electron chi connectivity index (χ1n) is 9.21. The van der Waals surface area contributed by atoms with Crippen LogP contribution in [0, 0.1) is 0 Å². The number of carboxylic acid groups (broad SMARTS) is 1. The first-order chi connectivity index (χ1) is 11.7. The van der Waals surface area contributed by atoms with Gasteiger partial charge >= 0.3 is 5.97 Å². The van der Waals surface area contributed by atoms with Gasteiger partial charge in [-0.25, -0.2) is 4.89 Å². The Hall–Kier alpha value is -1.39. The number of allylic oxidation sites excluding steroid dienone is 4. The third kappa shape index (κ3) is 17.0. The van der Waals surface area contributed by atoms with Crippen LogP contribution in [0.2, 0.25) is 0 Å². The van der Waals surface area contributed by atoms with Crippen molar-refractivity contribution in [3.63, 3.8) is 0 Å². The van der Waals surface area contributed by atoms with E-state index in [1.165, 1.54) is 19.3 Å². The van der Waals surface area contributed by atoms with Crippen molar-refractivity contribution in [3.8, 4) is 0 Å². The van der Waals surface area contributed by atoms with Gasteiger partial charge in [-0.1, -0.05) is 69.1 Å². The van der Waals surface area contributed by atoms with Crippen molar-refractivity contribution >= 4 is 5.97 Å². The number of aliphatic carboxylic acids is 1. The average Bonchev–Trinajstić information content (AvgIpc) is 2.57. The van der Waals surface area contributed by atoms with Gasteiger partial charge in [0.05, 0.1) is 0 Å². The summed E-state index contributed by atoms with van der Waals surface area (Å²) in [6.07, 6.45) is 22.3. The smallest absolute Gasteiger partial charge is 0.303 e. The Kier molecular flexibility index (Phi) is 16.9. The summed E-state index contributed by atoms with van der Waals surface area (Å²) < 4.78 is 0. The molecule has 4 heteroatoms. The maximum absolute atomic E-state index is 10.4. The molecule has 1 atom stereocenters. The van der Waals surface area contributed by atoms with Crippen molar-refractivity contribution in [2.24, 2.45) is 0 Å². The van der Waals surface area contributed by atoms with Crippen molar-refractivity contribution < 1.29 is 20.0 Å². The molecule has 0 fully saturated rings. The molecule has 0 aliphatic carbocycles. The monoisotopic (exact) mass is 338 g/mol. The normalized spacial score (nSPS) is 13.4. The van der Waals surface area contributed by atoms with Gasteiger partial charge in [-0.05, 0) is 38.5 Å². The van der Waals surface area contributed by atoms with E-state index in [0.717, 1.165) is 38.5 Å². The second kappa shape index (κ2) is 18.0. The van der Waals surface area contributed by atoms with Crippen LogP contribution in [0.5, 0.6) is 0 Å². The van der Waals surface area contributed by atoms with E-state index < -0.39 is 5.97 Å². The van der Waals surface area contributed by atoms with Crippen LogP contribution in [0.4, 0.5) is 0 Å². The molecule has 24 heavy (non-hydrogen) atoms. The number of carbonyl (C=O) groups is 1. The van der Waals surface area contributed by atoms with Crippen LogP contribution in [0.15, 0.2) is 36.5 Å². The third-order valence-corrected chi connectivity index (χ3v) is 3.73. The lowest BCUT2D eigenvalue weighted by Crippen LogP contribution is -2.04. The molecule has 138 valence electrons.